The second-order valence-electron chi connectivity index (χ2n) is 9.80. The summed E-state index contributed by atoms with van der Waals surface area (Å²) in [4.78, 5) is 44.2. The Morgan fingerprint density at radius 3 is 2.12 bits per heavy atom. The number of hydrogen-bond donors (Lipinski definition) is 1. The lowest BCUT2D eigenvalue weighted by atomic mass is 10.0. The molecule has 0 saturated carbocycles. The third-order valence-corrected chi connectivity index (χ3v) is 9.03. The average molecular weight is 554 g/mol. The number of nitrogens with one attached hydrogen (secondary N) is 1. The van der Waals surface area contributed by atoms with Gasteiger partial charge in [0.05, 0.1) is 21.7 Å². The van der Waals surface area contributed by atoms with Crippen LogP contribution >= 0.6 is 0 Å². The van der Waals surface area contributed by atoms with Gasteiger partial charge in [0.2, 0.25) is 0 Å². The van der Waals surface area contributed by atoms with Crippen molar-refractivity contribution in [3.8, 4) is 0 Å². The minimum atomic E-state index is -3.89. The van der Waals surface area contributed by atoms with E-state index in [0.29, 0.717) is 16.7 Å². The second kappa shape index (κ2) is 10.9. The van der Waals surface area contributed by atoms with Gasteiger partial charge in [-0.25, -0.2) is 13.3 Å². The van der Waals surface area contributed by atoms with Gasteiger partial charge in [0.15, 0.2) is 9.84 Å². The smallest absolute Gasteiger partial charge is 0.266 e. The van der Waals surface area contributed by atoms with Crippen molar-refractivity contribution in [2.75, 3.05) is 11.4 Å². The van der Waals surface area contributed by atoms with E-state index in [9.17, 15) is 22.8 Å². The lowest BCUT2D eigenvalue weighted by Gasteiger charge is -2.20. The Labute approximate surface area is 232 Å². The highest BCUT2D eigenvalue weighted by atomic mass is 32.2. The number of fused-ring (bicyclic) bond motifs is 1. The molecule has 9 heteroatoms. The van der Waals surface area contributed by atoms with Crippen LogP contribution in [0, 0.1) is 0 Å². The molecular formula is C31H27N3O5S. The van der Waals surface area contributed by atoms with Crippen LogP contribution in [0.5, 0.6) is 0 Å². The van der Waals surface area contributed by atoms with Crippen LogP contribution in [0.2, 0.25) is 0 Å². The first-order chi connectivity index (χ1) is 19.2. The third-order valence-electron chi connectivity index (χ3n) is 6.91. The molecule has 0 aliphatic carbocycles. The van der Waals surface area contributed by atoms with Crippen LogP contribution in [-0.2, 0) is 9.84 Å². The number of anilines is 1. The Hall–Kier alpha value is -4.63. The maximum Gasteiger partial charge on any atom is 0.266 e. The fourth-order valence-corrected chi connectivity index (χ4v) is 6.32. The van der Waals surface area contributed by atoms with Gasteiger partial charge in [0.25, 0.3) is 17.7 Å². The van der Waals surface area contributed by atoms with E-state index in [0.717, 1.165) is 10.5 Å². The van der Waals surface area contributed by atoms with E-state index in [1.165, 1.54) is 18.3 Å². The van der Waals surface area contributed by atoms with E-state index >= 15 is 0 Å². The lowest BCUT2D eigenvalue weighted by molar-refractivity contribution is 0.0919. The van der Waals surface area contributed by atoms with E-state index in [1.54, 1.807) is 79.0 Å². The minimum absolute atomic E-state index is 0.146. The summed E-state index contributed by atoms with van der Waals surface area (Å²) in [6.45, 7) is 3.84. The largest absolute Gasteiger partial charge is 0.350 e. The van der Waals surface area contributed by atoms with Gasteiger partial charge in [0, 0.05) is 24.5 Å². The number of nitrogens with zero attached hydrogens (tertiary/aromatic N) is 2. The molecule has 0 radical (unpaired) electrons. The van der Waals surface area contributed by atoms with Crippen molar-refractivity contribution in [1.82, 2.24) is 10.3 Å². The first-order valence-corrected chi connectivity index (χ1v) is 14.3. The van der Waals surface area contributed by atoms with Crippen molar-refractivity contribution in [2.24, 2.45) is 0 Å². The highest BCUT2D eigenvalue weighted by Gasteiger charge is 2.36. The fraction of sp³-hybridized carbons (Fsp3) is 0.161. The molecule has 0 saturated heterocycles. The molecule has 3 amide bonds. The number of aromatic nitrogens is 1. The Bertz CT molecular complexity index is 1670. The maximum atomic E-state index is 13.7. The number of carbonyl (C=O) groups excluding carboxylic acids is 3. The summed E-state index contributed by atoms with van der Waals surface area (Å²) < 4.78 is 27.4. The summed E-state index contributed by atoms with van der Waals surface area (Å²) in [5.74, 6) is -1.23. The second-order valence-corrected chi connectivity index (χ2v) is 11.9. The molecular weight excluding hydrogens is 526 g/mol. The molecule has 0 bridgehead atoms. The molecule has 4 aromatic rings. The molecule has 1 aromatic heterocycles. The number of carbonyl (C=O) groups is 3. The molecule has 40 heavy (non-hydrogen) atoms. The zero-order chi connectivity index (χ0) is 28.4. The van der Waals surface area contributed by atoms with Crippen LogP contribution < -0.4 is 10.2 Å². The first kappa shape index (κ1) is 27.0. The Balaban J connectivity index is 1.39. The standard InChI is InChI=1S/C31H27N3O5S/c1-20(2)21-12-14-25(15-13-21)40(38,39)28(23-8-6-16-32-18-23)19-33-29(35)22-7-5-9-24(17-22)34-30(36)26-10-3-4-11-27(26)31(34)37/h3-18,20,28H,19H2,1-2H3,(H,33,35). The summed E-state index contributed by atoms with van der Waals surface area (Å²) in [5, 5.41) is 1.64. The molecule has 3 aromatic carbocycles. The molecule has 1 aliphatic heterocycles. The molecule has 5 rings (SSSR count). The van der Waals surface area contributed by atoms with Gasteiger partial charge >= 0.3 is 0 Å². The van der Waals surface area contributed by atoms with E-state index in [-0.39, 0.29) is 28.6 Å². The minimum Gasteiger partial charge on any atom is -0.350 e. The zero-order valence-electron chi connectivity index (χ0n) is 21.9. The fourth-order valence-electron chi connectivity index (χ4n) is 4.68. The van der Waals surface area contributed by atoms with Crippen molar-refractivity contribution in [1.29, 1.82) is 0 Å². The molecule has 2 heterocycles. The van der Waals surface area contributed by atoms with E-state index in [1.807, 2.05) is 13.8 Å². The number of amides is 3. The van der Waals surface area contributed by atoms with Gasteiger partial charge in [-0.2, -0.15) is 0 Å². The van der Waals surface area contributed by atoms with Crippen LogP contribution in [0.3, 0.4) is 0 Å². The summed E-state index contributed by atoms with van der Waals surface area (Å²) in [6, 6.07) is 22.7. The molecule has 1 N–H and O–H groups in total. The lowest BCUT2D eigenvalue weighted by Crippen LogP contribution is -2.33. The van der Waals surface area contributed by atoms with Crippen molar-refractivity contribution < 1.29 is 22.8 Å². The van der Waals surface area contributed by atoms with Gasteiger partial charge in [-0.05, 0) is 65.6 Å². The summed E-state index contributed by atoms with van der Waals surface area (Å²) >= 11 is 0. The molecule has 8 nitrogen and oxygen atoms in total. The van der Waals surface area contributed by atoms with Gasteiger partial charge in [-0.1, -0.05) is 50.2 Å². The van der Waals surface area contributed by atoms with E-state index in [4.69, 9.17) is 0 Å². The summed E-state index contributed by atoms with van der Waals surface area (Å²) in [7, 11) is -3.89. The van der Waals surface area contributed by atoms with Crippen molar-refractivity contribution in [3.05, 3.63) is 125 Å². The van der Waals surface area contributed by atoms with Crippen molar-refractivity contribution >= 4 is 33.2 Å². The normalized spacial score (nSPS) is 13.8. The topological polar surface area (TPSA) is 114 Å². The van der Waals surface area contributed by atoms with Gasteiger partial charge in [0.1, 0.15) is 5.25 Å². The highest BCUT2D eigenvalue weighted by Crippen LogP contribution is 2.31. The van der Waals surface area contributed by atoms with Crippen LogP contribution in [0.4, 0.5) is 5.69 Å². The number of benzene rings is 3. The average Bonchev–Trinajstić information content (AvgIpc) is 3.23. The van der Waals surface area contributed by atoms with Crippen molar-refractivity contribution in [3.63, 3.8) is 0 Å². The number of sulfone groups is 1. The summed E-state index contributed by atoms with van der Waals surface area (Å²) in [5.41, 5.74) is 2.48. The Kier molecular flexibility index (Phi) is 7.32. The SMILES string of the molecule is CC(C)c1ccc(S(=O)(=O)C(CNC(=O)c2cccc(N3C(=O)c4ccccc4C3=O)c2)c2cccnc2)cc1. The van der Waals surface area contributed by atoms with Crippen LogP contribution in [0.15, 0.2) is 102 Å². The maximum absolute atomic E-state index is 13.7. The van der Waals surface area contributed by atoms with Gasteiger partial charge < -0.3 is 5.32 Å². The molecule has 0 fully saturated rings. The van der Waals surface area contributed by atoms with Crippen LogP contribution in [-0.4, -0.2) is 37.7 Å². The van der Waals surface area contributed by atoms with Crippen LogP contribution in [0.25, 0.3) is 0 Å². The number of imide groups is 1. The Morgan fingerprint density at radius 2 is 1.52 bits per heavy atom. The van der Waals surface area contributed by atoms with Gasteiger partial charge in [-0.3, -0.25) is 19.4 Å². The van der Waals surface area contributed by atoms with Crippen molar-refractivity contribution in [2.45, 2.75) is 29.9 Å². The molecule has 0 spiro atoms. The number of pyridine rings is 1. The molecule has 1 atom stereocenters. The molecule has 1 unspecified atom stereocenters. The summed E-state index contributed by atoms with van der Waals surface area (Å²) in [6.07, 6.45) is 3.02. The predicted molar refractivity (Wildman–Crippen MR) is 151 cm³/mol. The monoisotopic (exact) mass is 553 g/mol. The first-order valence-electron chi connectivity index (χ1n) is 12.8. The molecule has 1 aliphatic rings. The predicted octanol–water partition coefficient (Wildman–Crippen LogP) is 4.95. The van der Waals surface area contributed by atoms with Gasteiger partial charge in [-0.15, -0.1) is 0 Å². The van der Waals surface area contributed by atoms with E-state index in [2.05, 4.69) is 10.3 Å². The highest BCUT2D eigenvalue weighted by molar-refractivity contribution is 7.91. The Morgan fingerprint density at radius 1 is 0.850 bits per heavy atom. The number of hydrogen-bond acceptors (Lipinski definition) is 6. The zero-order valence-corrected chi connectivity index (χ0v) is 22.8. The molecule has 202 valence electrons. The third kappa shape index (κ3) is 5.03. The van der Waals surface area contributed by atoms with E-state index < -0.39 is 32.8 Å². The number of rotatable bonds is 8. The van der Waals surface area contributed by atoms with Crippen LogP contribution in [0.1, 0.15) is 67.2 Å². The quantitative estimate of drug-likeness (QED) is 0.309.